The number of nitrogens with two attached hydrogens (primary N) is 1. The van der Waals surface area contributed by atoms with Crippen molar-refractivity contribution in [3.63, 3.8) is 0 Å². The first kappa shape index (κ1) is 16.7. The van der Waals surface area contributed by atoms with Crippen molar-refractivity contribution in [2.75, 3.05) is 37.6 Å². The molecule has 2 aromatic rings. The zero-order chi connectivity index (χ0) is 16.9. The van der Waals surface area contributed by atoms with E-state index in [-0.39, 0.29) is 6.54 Å². The van der Waals surface area contributed by atoms with Crippen LogP contribution < -0.4 is 10.6 Å². The molecule has 0 bridgehead atoms. The smallest absolute Gasteiger partial charge is 0.191 e. The fourth-order valence-electron chi connectivity index (χ4n) is 2.76. The van der Waals surface area contributed by atoms with Gasteiger partial charge in [0.05, 0.1) is 12.6 Å². The number of aliphatic hydroxyl groups is 1. The number of aliphatic imine (C=N–C) groups is 1. The normalized spacial score (nSPS) is 17.2. The van der Waals surface area contributed by atoms with Crippen molar-refractivity contribution in [1.29, 1.82) is 0 Å². The number of aromatic nitrogens is 1. The van der Waals surface area contributed by atoms with E-state index in [2.05, 4.69) is 19.8 Å². The Morgan fingerprint density at radius 2 is 2.17 bits per heavy atom. The molecule has 1 aliphatic rings. The van der Waals surface area contributed by atoms with Crippen molar-refractivity contribution in [2.24, 2.45) is 10.7 Å². The summed E-state index contributed by atoms with van der Waals surface area (Å²) in [5, 5.41) is 13.3. The van der Waals surface area contributed by atoms with E-state index in [9.17, 15) is 5.11 Å². The Morgan fingerprint density at radius 1 is 1.38 bits per heavy atom. The molecule has 1 saturated heterocycles. The first-order valence-electron chi connectivity index (χ1n) is 8.07. The summed E-state index contributed by atoms with van der Waals surface area (Å²) in [5.41, 5.74) is 8.10. The minimum atomic E-state index is -0.625. The van der Waals surface area contributed by atoms with Gasteiger partial charge in [0.1, 0.15) is 0 Å². The van der Waals surface area contributed by atoms with Gasteiger partial charge in [-0.1, -0.05) is 29.8 Å². The number of piperazine rings is 1. The third-order valence-corrected chi connectivity index (χ3v) is 4.98. The third-order valence-electron chi connectivity index (χ3n) is 4.15. The van der Waals surface area contributed by atoms with Crippen molar-refractivity contribution in [2.45, 2.75) is 13.0 Å². The van der Waals surface area contributed by atoms with Gasteiger partial charge >= 0.3 is 0 Å². The number of nitrogens with zero attached hydrogens (tertiary/aromatic N) is 4. The molecule has 1 aromatic heterocycles. The molecule has 0 aliphatic carbocycles. The number of hydrogen-bond donors (Lipinski definition) is 2. The van der Waals surface area contributed by atoms with Gasteiger partial charge < -0.3 is 20.6 Å². The SMILES string of the molecule is Cc1cccc(C(O)CN=C(N)N2CCN(c3nccs3)CC2)c1. The average molecular weight is 345 g/mol. The van der Waals surface area contributed by atoms with E-state index in [1.165, 1.54) is 0 Å². The lowest BCUT2D eigenvalue weighted by atomic mass is 10.1. The van der Waals surface area contributed by atoms with Crippen LogP contribution in [-0.4, -0.2) is 53.7 Å². The van der Waals surface area contributed by atoms with Gasteiger partial charge in [-0.25, -0.2) is 4.98 Å². The Bertz CT molecular complexity index is 680. The van der Waals surface area contributed by atoms with Gasteiger partial charge in [-0.05, 0) is 12.5 Å². The standard InChI is InChI=1S/C17H23N5OS/c1-13-3-2-4-14(11-13)15(23)12-20-16(18)21-6-8-22(9-7-21)17-19-5-10-24-17/h2-5,10-11,15,23H,6-9,12H2,1H3,(H2,18,20). The molecule has 3 rings (SSSR count). The third kappa shape index (κ3) is 4.04. The Balaban J connectivity index is 1.53. The number of rotatable bonds is 4. The summed E-state index contributed by atoms with van der Waals surface area (Å²) in [6.07, 6.45) is 1.20. The summed E-state index contributed by atoms with van der Waals surface area (Å²) in [6.45, 7) is 5.68. The highest BCUT2D eigenvalue weighted by atomic mass is 32.1. The number of hydrogen-bond acceptors (Lipinski definition) is 5. The summed E-state index contributed by atoms with van der Waals surface area (Å²) >= 11 is 1.65. The van der Waals surface area contributed by atoms with Gasteiger partial charge in [-0.2, -0.15) is 0 Å². The first-order valence-corrected chi connectivity index (χ1v) is 8.95. The Hall–Kier alpha value is -2.12. The monoisotopic (exact) mass is 345 g/mol. The second-order valence-electron chi connectivity index (χ2n) is 5.92. The molecule has 6 nitrogen and oxygen atoms in total. The maximum absolute atomic E-state index is 10.3. The number of thiazole rings is 1. The number of anilines is 1. The molecular weight excluding hydrogens is 322 g/mol. The van der Waals surface area contributed by atoms with Crippen LogP contribution in [0.3, 0.4) is 0 Å². The minimum Gasteiger partial charge on any atom is -0.386 e. The molecule has 0 radical (unpaired) electrons. The van der Waals surface area contributed by atoms with Crippen molar-refractivity contribution < 1.29 is 5.11 Å². The predicted octanol–water partition coefficient (Wildman–Crippen LogP) is 1.62. The van der Waals surface area contributed by atoms with E-state index in [0.29, 0.717) is 5.96 Å². The van der Waals surface area contributed by atoms with Crippen LogP contribution >= 0.6 is 11.3 Å². The second kappa shape index (κ2) is 7.63. The number of guanidine groups is 1. The van der Waals surface area contributed by atoms with Crippen LogP contribution in [0.15, 0.2) is 40.8 Å². The van der Waals surface area contributed by atoms with Gasteiger partial charge in [0.2, 0.25) is 0 Å². The van der Waals surface area contributed by atoms with Crippen molar-refractivity contribution in [3.8, 4) is 0 Å². The lowest BCUT2D eigenvalue weighted by Gasteiger charge is -2.35. The number of aryl methyl sites for hydroxylation is 1. The number of benzene rings is 1. The highest BCUT2D eigenvalue weighted by molar-refractivity contribution is 7.13. The summed E-state index contributed by atoms with van der Waals surface area (Å²) in [5.74, 6) is 0.500. The van der Waals surface area contributed by atoms with Crippen LogP contribution in [0.4, 0.5) is 5.13 Å². The van der Waals surface area contributed by atoms with Crippen molar-refractivity contribution in [1.82, 2.24) is 9.88 Å². The van der Waals surface area contributed by atoms with Crippen molar-refractivity contribution in [3.05, 3.63) is 47.0 Å². The van der Waals surface area contributed by atoms with Crippen LogP contribution in [0.2, 0.25) is 0 Å². The zero-order valence-corrected chi connectivity index (χ0v) is 14.6. The van der Waals surface area contributed by atoms with E-state index >= 15 is 0 Å². The minimum absolute atomic E-state index is 0.280. The van der Waals surface area contributed by atoms with E-state index < -0.39 is 6.10 Å². The molecule has 1 aromatic carbocycles. The quantitative estimate of drug-likeness (QED) is 0.650. The van der Waals surface area contributed by atoms with Crippen LogP contribution in [0, 0.1) is 6.92 Å². The molecule has 0 amide bonds. The Labute approximate surface area is 146 Å². The fourth-order valence-corrected chi connectivity index (χ4v) is 3.46. The fraction of sp³-hybridized carbons (Fsp3) is 0.412. The molecular formula is C17H23N5OS. The van der Waals surface area contributed by atoms with Crippen LogP contribution in [0.5, 0.6) is 0 Å². The topological polar surface area (TPSA) is 78.0 Å². The average Bonchev–Trinajstić information content (AvgIpc) is 3.14. The lowest BCUT2D eigenvalue weighted by Crippen LogP contribution is -2.51. The molecule has 3 N–H and O–H groups in total. The lowest BCUT2D eigenvalue weighted by molar-refractivity contribution is 0.186. The van der Waals surface area contributed by atoms with Crippen LogP contribution in [-0.2, 0) is 0 Å². The molecule has 1 aliphatic heterocycles. The van der Waals surface area contributed by atoms with E-state index in [1.807, 2.05) is 42.8 Å². The van der Waals surface area contributed by atoms with Gasteiger partial charge in [0, 0.05) is 37.8 Å². The van der Waals surface area contributed by atoms with E-state index in [4.69, 9.17) is 5.73 Å². The Kier molecular flexibility index (Phi) is 5.32. The highest BCUT2D eigenvalue weighted by Gasteiger charge is 2.20. The largest absolute Gasteiger partial charge is 0.386 e. The summed E-state index contributed by atoms with van der Waals surface area (Å²) in [6, 6.07) is 7.84. The molecule has 0 saturated carbocycles. The van der Waals surface area contributed by atoms with Crippen molar-refractivity contribution >= 4 is 22.4 Å². The predicted molar refractivity (Wildman–Crippen MR) is 98.5 cm³/mol. The molecule has 1 atom stereocenters. The summed E-state index contributed by atoms with van der Waals surface area (Å²) in [4.78, 5) is 13.0. The highest BCUT2D eigenvalue weighted by Crippen LogP contribution is 2.19. The van der Waals surface area contributed by atoms with Gasteiger partial charge in [0.25, 0.3) is 0 Å². The summed E-state index contributed by atoms with van der Waals surface area (Å²) < 4.78 is 0. The maximum atomic E-state index is 10.3. The number of aliphatic hydroxyl groups excluding tert-OH is 1. The molecule has 1 unspecified atom stereocenters. The van der Waals surface area contributed by atoms with Gasteiger partial charge in [-0.15, -0.1) is 11.3 Å². The second-order valence-corrected chi connectivity index (χ2v) is 6.79. The molecule has 7 heteroatoms. The maximum Gasteiger partial charge on any atom is 0.191 e. The van der Waals surface area contributed by atoms with Gasteiger partial charge in [-0.3, -0.25) is 4.99 Å². The molecule has 0 spiro atoms. The Morgan fingerprint density at radius 3 is 2.83 bits per heavy atom. The summed E-state index contributed by atoms with van der Waals surface area (Å²) in [7, 11) is 0. The first-order chi connectivity index (χ1) is 11.6. The van der Waals surface area contributed by atoms with Gasteiger partial charge in [0.15, 0.2) is 11.1 Å². The zero-order valence-electron chi connectivity index (χ0n) is 13.8. The van der Waals surface area contributed by atoms with E-state index in [0.717, 1.165) is 42.4 Å². The molecule has 128 valence electrons. The van der Waals surface area contributed by atoms with Crippen LogP contribution in [0.1, 0.15) is 17.2 Å². The molecule has 2 heterocycles. The molecule has 24 heavy (non-hydrogen) atoms. The van der Waals surface area contributed by atoms with Crippen LogP contribution in [0.25, 0.3) is 0 Å². The molecule has 1 fully saturated rings. The van der Waals surface area contributed by atoms with E-state index in [1.54, 1.807) is 11.3 Å².